The van der Waals surface area contributed by atoms with E-state index in [1.807, 2.05) is 30.3 Å². The molecule has 0 unspecified atom stereocenters. The van der Waals surface area contributed by atoms with Gasteiger partial charge in [0.2, 0.25) is 0 Å². The Morgan fingerprint density at radius 1 is 1.12 bits per heavy atom. The van der Waals surface area contributed by atoms with Crippen LogP contribution in [0, 0.1) is 5.82 Å². The molecule has 0 aromatic heterocycles. The van der Waals surface area contributed by atoms with Crippen LogP contribution in [0.25, 0.3) is 5.76 Å². The number of amides is 1. The van der Waals surface area contributed by atoms with Crippen molar-refractivity contribution in [2.45, 2.75) is 12.5 Å². The number of morpholine rings is 1. The highest BCUT2D eigenvalue weighted by Crippen LogP contribution is 2.41. The van der Waals surface area contributed by atoms with E-state index in [-0.39, 0.29) is 16.9 Å². The first kappa shape index (κ1) is 22.9. The molecule has 4 rings (SSSR count). The third-order valence-corrected chi connectivity index (χ3v) is 6.05. The number of benzene rings is 2. The summed E-state index contributed by atoms with van der Waals surface area (Å²) in [5.74, 6) is -2.30. The summed E-state index contributed by atoms with van der Waals surface area (Å²) in [7, 11) is 1.39. The van der Waals surface area contributed by atoms with Crippen molar-refractivity contribution in [1.82, 2.24) is 9.80 Å². The van der Waals surface area contributed by atoms with E-state index >= 15 is 0 Å². The molecule has 2 heterocycles. The van der Waals surface area contributed by atoms with Crippen molar-refractivity contribution in [2.24, 2.45) is 0 Å². The molecule has 2 aliphatic rings. The Kier molecular flexibility index (Phi) is 7.05. The predicted molar refractivity (Wildman–Crippen MR) is 120 cm³/mol. The summed E-state index contributed by atoms with van der Waals surface area (Å²) in [6, 6.07) is 12.0. The van der Waals surface area contributed by atoms with Gasteiger partial charge < -0.3 is 19.5 Å². The normalized spacial score (nSPS) is 20.9. The fraction of sp³-hybridized carbons (Fsp3) is 0.360. The van der Waals surface area contributed by atoms with E-state index in [1.165, 1.54) is 24.1 Å². The Bertz CT molecular complexity index is 1050. The zero-order chi connectivity index (χ0) is 23.4. The van der Waals surface area contributed by atoms with Crippen molar-refractivity contribution in [3.8, 4) is 5.75 Å². The average Bonchev–Trinajstić information content (AvgIpc) is 3.10. The van der Waals surface area contributed by atoms with Crippen LogP contribution in [0.2, 0.25) is 0 Å². The van der Waals surface area contributed by atoms with E-state index in [4.69, 9.17) is 9.47 Å². The fourth-order valence-corrected chi connectivity index (χ4v) is 4.39. The highest BCUT2D eigenvalue weighted by atomic mass is 19.1. The monoisotopic (exact) mass is 454 g/mol. The molecule has 8 heteroatoms. The van der Waals surface area contributed by atoms with Gasteiger partial charge in [-0.3, -0.25) is 14.5 Å². The Labute approximate surface area is 192 Å². The molecular weight excluding hydrogens is 427 g/mol. The zero-order valence-corrected chi connectivity index (χ0v) is 18.5. The molecular formula is C25H27FN2O5. The highest BCUT2D eigenvalue weighted by Gasteiger charge is 2.46. The maximum Gasteiger partial charge on any atom is 0.295 e. The lowest BCUT2D eigenvalue weighted by atomic mass is 9.95. The van der Waals surface area contributed by atoms with Crippen LogP contribution < -0.4 is 4.74 Å². The van der Waals surface area contributed by atoms with Gasteiger partial charge >= 0.3 is 0 Å². The number of carbonyl (C=O) groups excluding carboxylic acids is 2. The summed E-state index contributed by atoms with van der Waals surface area (Å²) in [5.41, 5.74) is 0.659. The van der Waals surface area contributed by atoms with E-state index in [9.17, 15) is 19.1 Å². The van der Waals surface area contributed by atoms with Crippen LogP contribution >= 0.6 is 0 Å². The molecule has 0 spiro atoms. The van der Waals surface area contributed by atoms with Crippen molar-refractivity contribution in [2.75, 3.05) is 46.5 Å². The van der Waals surface area contributed by atoms with E-state index in [2.05, 4.69) is 4.90 Å². The van der Waals surface area contributed by atoms with Gasteiger partial charge in [-0.05, 0) is 30.2 Å². The lowest BCUT2D eigenvalue weighted by Crippen LogP contribution is -2.38. The van der Waals surface area contributed by atoms with Gasteiger partial charge in [-0.1, -0.05) is 30.3 Å². The van der Waals surface area contributed by atoms with Crippen molar-refractivity contribution in [3.05, 3.63) is 71.0 Å². The molecule has 0 bridgehead atoms. The molecule has 2 aliphatic heterocycles. The van der Waals surface area contributed by atoms with E-state index in [1.54, 1.807) is 0 Å². The van der Waals surface area contributed by atoms with Crippen LogP contribution in [0.4, 0.5) is 4.39 Å². The summed E-state index contributed by atoms with van der Waals surface area (Å²) < 4.78 is 24.6. The van der Waals surface area contributed by atoms with Crippen LogP contribution in [0.3, 0.4) is 0 Å². The first-order valence-corrected chi connectivity index (χ1v) is 11.0. The van der Waals surface area contributed by atoms with Crippen molar-refractivity contribution in [1.29, 1.82) is 0 Å². The number of likely N-dealkylation sites (tertiary alicyclic amines) is 1. The highest BCUT2D eigenvalue weighted by molar-refractivity contribution is 6.46. The lowest BCUT2D eigenvalue weighted by molar-refractivity contribution is -0.140. The number of rotatable bonds is 7. The molecule has 2 fully saturated rings. The van der Waals surface area contributed by atoms with E-state index < -0.39 is 29.3 Å². The summed E-state index contributed by atoms with van der Waals surface area (Å²) >= 11 is 0. The number of aliphatic hydroxyl groups excluding tert-OH is 1. The summed E-state index contributed by atoms with van der Waals surface area (Å²) in [6.07, 6.45) is 0.666. The lowest BCUT2D eigenvalue weighted by Gasteiger charge is -2.29. The van der Waals surface area contributed by atoms with Gasteiger partial charge in [0.25, 0.3) is 11.7 Å². The Hall–Kier alpha value is -3.23. The molecule has 2 aromatic carbocycles. The van der Waals surface area contributed by atoms with Gasteiger partial charge in [-0.25, -0.2) is 4.39 Å². The minimum atomic E-state index is -0.793. The number of ketones is 1. The molecule has 0 aliphatic carbocycles. The fourth-order valence-electron chi connectivity index (χ4n) is 4.39. The summed E-state index contributed by atoms with van der Waals surface area (Å²) in [4.78, 5) is 29.9. The van der Waals surface area contributed by atoms with E-state index in [0.29, 0.717) is 31.7 Å². The quantitative estimate of drug-likeness (QED) is 0.394. The van der Waals surface area contributed by atoms with Crippen molar-refractivity contribution < 1.29 is 28.6 Å². The van der Waals surface area contributed by atoms with Crippen molar-refractivity contribution in [3.63, 3.8) is 0 Å². The van der Waals surface area contributed by atoms with Gasteiger partial charge in [-0.15, -0.1) is 0 Å². The third-order valence-electron chi connectivity index (χ3n) is 6.05. The molecule has 33 heavy (non-hydrogen) atoms. The van der Waals surface area contributed by atoms with Crippen LogP contribution in [0.15, 0.2) is 54.1 Å². The zero-order valence-electron chi connectivity index (χ0n) is 18.5. The second-order valence-electron chi connectivity index (χ2n) is 8.06. The molecule has 7 nitrogen and oxygen atoms in total. The number of ether oxygens (including phenoxy) is 2. The van der Waals surface area contributed by atoms with Gasteiger partial charge in [0, 0.05) is 26.2 Å². The van der Waals surface area contributed by atoms with Gasteiger partial charge in [0.1, 0.15) is 17.3 Å². The third kappa shape index (κ3) is 4.77. The molecule has 174 valence electrons. The predicted octanol–water partition coefficient (Wildman–Crippen LogP) is 2.98. The molecule has 1 N–H and O–H groups in total. The number of nitrogens with zero attached hydrogens (tertiary/aromatic N) is 2. The second kappa shape index (κ2) is 10.1. The van der Waals surface area contributed by atoms with E-state index in [0.717, 1.165) is 25.7 Å². The number of aliphatic hydroxyl groups is 1. The maximum absolute atomic E-state index is 14.0. The minimum absolute atomic E-state index is 0.0322. The number of Topliss-reactive ketones (excluding diaryl/α,β-unsaturated/α-hetero) is 1. The SMILES string of the molecule is COc1ccc(F)cc1C(O)=C1C(=O)C(=O)N(CCCN2CCOCC2)[C@@H]1c1ccccc1. The first-order chi connectivity index (χ1) is 16.0. The van der Waals surface area contributed by atoms with Crippen LogP contribution in [-0.4, -0.2) is 73.1 Å². The number of halogens is 1. The Balaban J connectivity index is 1.70. The molecule has 1 atom stereocenters. The smallest absolute Gasteiger partial charge is 0.295 e. The van der Waals surface area contributed by atoms with Crippen LogP contribution in [0.1, 0.15) is 23.6 Å². The minimum Gasteiger partial charge on any atom is -0.507 e. The molecule has 2 aromatic rings. The van der Waals surface area contributed by atoms with Crippen molar-refractivity contribution >= 4 is 17.4 Å². The average molecular weight is 454 g/mol. The Morgan fingerprint density at radius 2 is 1.85 bits per heavy atom. The molecule has 0 radical (unpaired) electrons. The van der Waals surface area contributed by atoms with Crippen LogP contribution in [-0.2, 0) is 14.3 Å². The molecule has 0 saturated carbocycles. The number of methoxy groups -OCH3 is 1. The summed E-state index contributed by atoms with van der Waals surface area (Å²) in [6.45, 7) is 4.15. The number of carbonyl (C=O) groups is 2. The summed E-state index contributed by atoms with van der Waals surface area (Å²) in [5, 5.41) is 11.1. The topological polar surface area (TPSA) is 79.3 Å². The van der Waals surface area contributed by atoms with Gasteiger partial charge in [0.15, 0.2) is 0 Å². The number of hydrogen-bond acceptors (Lipinski definition) is 6. The standard InChI is InChI=1S/C25H27FN2O5/c1-32-20-9-8-18(26)16-19(20)23(29)21-22(17-6-3-2-4-7-17)28(25(31)24(21)30)11-5-10-27-12-14-33-15-13-27/h2-4,6-9,16,22,29H,5,10-15H2,1H3/t22-/m1/s1. The number of hydrogen-bond donors (Lipinski definition) is 1. The molecule has 2 saturated heterocycles. The van der Waals surface area contributed by atoms with Crippen LogP contribution in [0.5, 0.6) is 5.75 Å². The Morgan fingerprint density at radius 3 is 2.55 bits per heavy atom. The van der Waals surface area contributed by atoms with Gasteiger partial charge in [-0.2, -0.15) is 0 Å². The largest absolute Gasteiger partial charge is 0.507 e. The maximum atomic E-state index is 14.0. The van der Waals surface area contributed by atoms with Gasteiger partial charge in [0.05, 0.1) is 37.5 Å². The molecule has 1 amide bonds. The first-order valence-electron chi connectivity index (χ1n) is 11.0. The second-order valence-corrected chi connectivity index (χ2v) is 8.06.